The first kappa shape index (κ1) is 12.6. The summed E-state index contributed by atoms with van der Waals surface area (Å²) in [6.45, 7) is 3.61. The van der Waals surface area contributed by atoms with Crippen LogP contribution >= 0.6 is 15.9 Å². The molecule has 0 saturated carbocycles. The van der Waals surface area contributed by atoms with E-state index in [1.165, 1.54) is 6.07 Å². The molecule has 16 heavy (non-hydrogen) atoms. The Morgan fingerprint density at radius 1 is 1.56 bits per heavy atom. The average molecular weight is 282 g/mol. The molecule has 0 bridgehead atoms. The molecule has 0 aliphatic carbocycles. The van der Waals surface area contributed by atoms with Gasteiger partial charge in [-0.1, -0.05) is 21.9 Å². The number of nitrogens with one attached hydrogen (secondary N) is 1. The van der Waals surface area contributed by atoms with Crippen LogP contribution in [0.5, 0.6) is 0 Å². The molecule has 0 heterocycles. The van der Waals surface area contributed by atoms with Gasteiger partial charge in [0.25, 0.3) is 0 Å². The second-order valence-corrected chi connectivity index (χ2v) is 4.81. The lowest BCUT2D eigenvalue weighted by atomic mass is 10.0. The normalized spacial score (nSPS) is 10.6. The molecule has 0 saturated heterocycles. The molecule has 0 radical (unpaired) electrons. The van der Waals surface area contributed by atoms with E-state index in [1.807, 2.05) is 0 Å². The highest BCUT2D eigenvalue weighted by atomic mass is 79.9. The fourth-order valence-electron chi connectivity index (χ4n) is 1.18. The molecular weight excluding hydrogens is 270 g/mol. The molecule has 3 nitrogen and oxygen atoms in total. The van der Waals surface area contributed by atoms with Crippen molar-refractivity contribution in [1.29, 1.82) is 0 Å². The lowest BCUT2D eigenvalue weighted by Crippen LogP contribution is -2.29. The zero-order valence-electron chi connectivity index (χ0n) is 9.04. The Bertz CT molecular complexity index is 461. The summed E-state index contributed by atoms with van der Waals surface area (Å²) in [4.78, 5) is 11.0. The first-order valence-electron chi connectivity index (χ1n) is 4.64. The van der Waals surface area contributed by atoms with Crippen LogP contribution < -0.4 is 5.32 Å². The predicted molar refractivity (Wildman–Crippen MR) is 67.6 cm³/mol. The number of benzene rings is 1. The minimum atomic E-state index is -0.989. The third-order valence-corrected chi connectivity index (χ3v) is 2.51. The van der Waals surface area contributed by atoms with Crippen molar-refractivity contribution in [2.24, 2.45) is 0 Å². The summed E-state index contributed by atoms with van der Waals surface area (Å²) in [7, 11) is 0. The molecular formula is C12H12BrNO2. The Morgan fingerprint density at radius 3 is 2.69 bits per heavy atom. The Morgan fingerprint density at radius 2 is 2.19 bits per heavy atom. The van der Waals surface area contributed by atoms with Gasteiger partial charge in [-0.05, 0) is 32.0 Å². The highest BCUT2D eigenvalue weighted by Crippen LogP contribution is 2.23. The van der Waals surface area contributed by atoms with Crippen LogP contribution in [-0.2, 0) is 0 Å². The fourth-order valence-corrected chi connectivity index (χ4v) is 1.54. The van der Waals surface area contributed by atoms with Crippen LogP contribution in [0.3, 0.4) is 0 Å². The average Bonchev–Trinajstić information content (AvgIpc) is 2.20. The van der Waals surface area contributed by atoms with Crippen molar-refractivity contribution in [3.8, 4) is 12.3 Å². The number of carbonyl (C=O) groups is 1. The van der Waals surface area contributed by atoms with Crippen LogP contribution in [0.2, 0.25) is 0 Å². The highest BCUT2D eigenvalue weighted by Gasteiger charge is 2.18. The van der Waals surface area contributed by atoms with Gasteiger partial charge < -0.3 is 10.4 Å². The third-order valence-electron chi connectivity index (χ3n) is 2.02. The molecule has 2 N–H and O–H groups in total. The summed E-state index contributed by atoms with van der Waals surface area (Å²) in [6.07, 6.45) is 5.34. The number of hydrogen-bond donors (Lipinski definition) is 2. The van der Waals surface area contributed by atoms with Crippen molar-refractivity contribution in [2.75, 3.05) is 5.32 Å². The summed E-state index contributed by atoms with van der Waals surface area (Å²) in [5.41, 5.74) is 0.120. The number of carboxylic acids is 1. The largest absolute Gasteiger partial charge is 0.478 e. The molecule has 0 aliphatic heterocycles. The van der Waals surface area contributed by atoms with Gasteiger partial charge in [-0.2, -0.15) is 0 Å². The van der Waals surface area contributed by atoms with Crippen molar-refractivity contribution in [3.05, 3.63) is 28.2 Å². The van der Waals surface area contributed by atoms with E-state index in [1.54, 1.807) is 26.0 Å². The Labute approximate surface area is 103 Å². The Kier molecular flexibility index (Phi) is 3.61. The van der Waals surface area contributed by atoms with Crippen LogP contribution in [0.15, 0.2) is 22.7 Å². The van der Waals surface area contributed by atoms with Gasteiger partial charge in [0.2, 0.25) is 0 Å². The maximum atomic E-state index is 11.0. The molecule has 1 aromatic rings. The van der Waals surface area contributed by atoms with Gasteiger partial charge in [0.1, 0.15) is 0 Å². The van der Waals surface area contributed by atoms with E-state index in [4.69, 9.17) is 11.5 Å². The van der Waals surface area contributed by atoms with Crippen molar-refractivity contribution in [3.63, 3.8) is 0 Å². The van der Waals surface area contributed by atoms with Gasteiger partial charge >= 0.3 is 5.97 Å². The van der Waals surface area contributed by atoms with Gasteiger partial charge in [0.15, 0.2) is 0 Å². The quantitative estimate of drug-likeness (QED) is 0.838. The van der Waals surface area contributed by atoms with Gasteiger partial charge in [-0.15, -0.1) is 6.42 Å². The fraction of sp³-hybridized carbons (Fsp3) is 0.250. The standard InChI is InChI=1S/C12H12BrNO2/c1-4-12(2,3)14-10-6-5-8(13)7-9(10)11(15)16/h1,5-7,14H,2-3H3,(H,15,16). The van der Waals surface area contributed by atoms with Crippen molar-refractivity contribution in [2.45, 2.75) is 19.4 Å². The highest BCUT2D eigenvalue weighted by molar-refractivity contribution is 9.10. The van der Waals surface area contributed by atoms with E-state index in [-0.39, 0.29) is 5.56 Å². The Balaban J connectivity index is 3.15. The predicted octanol–water partition coefficient (Wildman–Crippen LogP) is 2.97. The van der Waals surface area contributed by atoms with Gasteiger partial charge in [-0.25, -0.2) is 4.79 Å². The van der Waals surface area contributed by atoms with E-state index < -0.39 is 11.5 Å². The van der Waals surface area contributed by atoms with Gasteiger partial charge in [0, 0.05) is 10.2 Å². The minimum absolute atomic E-state index is 0.192. The monoisotopic (exact) mass is 281 g/mol. The number of hydrogen-bond acceptors (Lipinski definition) is 2. The SMILES string of the molecule is C#CC(C)(C)Nc1ccc(Br)cc1C(=O)O. The molecule has 0 fully saturated rings. The number of rotatable bonds is 3. The maximum Gasteiger partial charge on any atom is 0.337 e. The number of carboxylic acid groups (broad SMARTS) is 1. The molecule has 4 heteroatoms. The van der Waals surface area contributed by atoms with E-state index in [0.717, 1.165) is 0 Å². The number of anilines is 1. The number of terminal acetylenes is 1. The van der Waals surface area contributed by atoms with Crippen molar-refractivity contribution >= 4 is 27.6 Å². The molecule has 0 spiro atoms. The molecule has 84 valence electrons. The lowest BCUT2D eigenvalue weighted by molar-refractivity contribution is 0.0698. The smallest absolute Gasteiger partial charge is 0.337 e. The summed E-state index contributed by atoms with van der Waals surface area (Å²) < 4.78 is 0.717. The maximum absolute atomic E-state index is 11.0. The first-order valence-corrected chi connectivity index (χ1v) is 5.44. The van der Waals surface area contributed by atoms with Crippen LogP contribution in [0.1, 0.15) is 24.2 Å². The van der Waals surface area contributed by atoms with Crippen LogP contribution in [-0.4, -0.2) is 16.6 Å². The van der Waals surface area contributed by atoms with E-state index in [0.29, 0.717) is 10.2 Å². The van der Waals surface area contributed by atoms with Crippen molar-refractivity contribution < 1.29 is 9.90 Å². The molecule has 1 rings (SSSR count). The molecule has 0 amide bonds. The second kappa shape index (κ2) is 4.58. The minimum Gasteiger partial charge on any atom is -0.478 e. The molecule has 0 atom stereocenters. The third kappa shape index (κ3) is 3.01. The van der Waals surface area contributed by atoms with Crippen LogP contribution in [0, 0.1) is 12.3 Å². The summed E-state index contributed by atoms with van der Waals surface area (Å²) >= 11 is 3.23. The lowest BCUT2D eigenvalue weighted by Gasteiger charge is -2.22. The first-order chi connectivity index (χ1) is 7.35. The zero-order valence-corrected chi connectivity index (χ0v) is 10.6. The van der Waals surface area contributed by atoms with Gasteiger partial charge in [-0.3, -0.25) is 0 Å². The van der Waals surface area contributed by atoms with Crippen molar-refractivity contribution in [1.82, 2.24) is 0 Å². The molecule has 0 aromatic heterocycles. The zero-order chi connectivity index (χ0) is 12.3. The topological polar surface area (TPSA) is 49.3 Å². The Hall–Kier alpha value is -1.47. The van der Waals surface area contributed by atoms with Crippen LogP contribution in [0.4, 0.5) is 5.69 Å². The molecule has 0 unspecified atom stereocenters. The van der Waals surface area contributed by atoms with Gasteiger partial charge in [0.05, 0.1) is 11.1 Å². The summed E-state index contributed by atoms with van der Waals surface area (Å²) in [5.74, 6) is 1.57. The van der Waals surface area contributed by atoms with Crippen LogP contribution in [0.25, 0.3) is 0 Å². The molecule has 1 aromatic carbocycles. The second-order valence-electron chi connectivity index (χ2n) is 3.89. The summed E-state index contributed by atoms with van der Waals surface area (Å²) in [6, 6.07) is 4.99. The van der Waals surface area contributed by atoms with E-state index in [2.05, 4.69) is 27.2 Å². The molecule has 0 aliphatic rings. The number of halogens is 1. The number of aromatic carboxylic acids is 1. The van der Waals surface area contributed by atoms with E-state index >= 15 is 0 Å². The summed E-state index contributed by atoms with van der Waals surface area (Å²) in [5, 5.41) is 12.1. The van der Waals surface area contributed by atoms with E-state index in [9.17, 15) is 4.79 Å².